The number of amides is 2. The van der Waals surface area contributed by atoms with Crippen molar-refractivity contribution in [2.45, 2.75) is 6.54 Å². The number of urea groups is 1. The molecule has 0 bridgehead atoms. The predicted molar refractivity (Wildman–Crippen MR) is 94.8 cm³/mol. The van der Waals surface area contributed by atoms with Gasteiger partial charge < -0.3 is 10.6 Å². The molecule has 1 aromatic carbocycles. The number of carbonyl (C=O) groups is 1. The number of pyridine rings is 2. The van der Waals surface area contributed by atoms with Crippen molar-refractivity contribution in [1.82, 2.24) is 15.3 Å². The Labute approximate surface area is 144 Å². The quantitative estimate of drug-likeness (QED) is 0.752. The molecule has 24 heavy (non-hydrogen) atoms. The molecule has 2 aromatic heterocycles. The highest BCUT2D eigenvalue weighted by Crippen LogP contribution is 2.16. The molecule has 6 heteroatoms. The first-order valence-electron chi connectivity index (χ1n) is 7.36. The standard InChI is InChI=1S/C18H15ClN4O/c19-15-1-3-16(4-2-15)23-18(24)22-12-13-5-10-21-17(11-13)14-6-8-20-9-7-14/h1-11H,12H2,(H2,22,23,24). The van der Waals surface area contributed by atoms with Crippen molar-refractivity contribution >= 4 is 23.3 Å². The molecule has 0 saturated carbocycles. The lowest BCUT2D eigenvalue weighted by Crippen LogP contribution is -2.28. The molecular formula is C18H15ClN4O. The fraction of sp³-hybridized carbons (Fsp3) is 0.0556. The molecule has 0 aliphatic rings. The van der Waals surface area contributed by atoms with E-state index in [1.807, 2.05) is 24.3 Å². The molecule has 0 saturated heterocycles. The Kier molecular flexibility index (Phi) is 5.03. The Morgan fingerprint density at radius 2 is 1.75 bits per heavy atom. The molecule has 5 nitrogen and oxygen atoms in total. The van der Waals surface area contributed by atoms with Gasteiger partial charge >= 0.3 is 6.03 Å². The first-order valence-corrected chi connectivity index (χ1v) is 7.74. The minimum atomic E-state index is -0.278. The maximum absolute atomic E-state index is 11.9. The summed E-state index contributed by atoms with van der Waals surface area (Å²) in [7, 11) is 0. The minimum Gasteiger partial charge on any atom is -0.334 e. The normalized spacial score (nSPS) is 10.2. The topological polar surface area (TPSA) is 66.9 Å². The first kappa shape index (κ1) is 16.0. The van der Waals surface area contributed by atoms with Crippen molar-refractivity contribution in [2.24, 2.45) is 0 Å². The molecule has 0 radical (unpaired) electrons. The van der Waals surface area contributed by atoms with Crippen molar-refractivity contribution in [3.8, 4) is 11.3 Å². The molecule has 120 valence electrons. The zero-order valence-corrected chi connectivity index (χ0v) is 13.5. The van der Waals surface area contributed by atoms with Crippen LogP contribution in [0.5, 0.6) is 0 Å². The number of halogens is 1. The van der Waals surface area contributed by atoms with Crippen LogP contribution < -0.4 is 10.6 Å². The van der Waals surface area contributed by atoms with E-state index in [0.29, 0.717) is 17.3 Å². The fourth-order valence-corrected chi connectivity index (χ4v) is 2.28. The summed E-state index contributed by atoms with van der Waals surface area (Å²) in [6.07, 6.45) is 5.17. The van der Waals surface area contributed by atoms with Gasteiger partial charge in [-0.05, 0) is 54.1 Å². The molecule has 0 aliphatic heterocycles. The third-order valence-corrected chi connectivity index (χ3v) is 3.61. The monoisotopic (exact) mass is 338 g/mol. The van der Waals surface area contributed by atoms with Gasteiger partial charge in [0, 0.05) is 41.4 Å². The van der Waals surface area contributed by atoms with Crippen molar-refractivity contribution in [1.29, 1.82) is 0 Å². The van der Waals surface area contributed by atoms with Crippen LogP contribution >= 0.6 is 11.6 Å². The number of nitrogens with one attached hydrogen (secondary N) is 2. The number of aromatic nitrogens is 2. The van der Waals surface area contributed by atoms with Crippen molar-refractivity contribution in [3.63, 3.8) is 0 Å². The smallest absolute Gasteiger partial charge is 0.319 e. The summed E-state index contributed by atoms with van der Waals surface area (Å²) in [6, 6.07) is 14.3. The van der Waals surface area contributed by atoms with Crippen molar-refractivity contribution in [3.05, 3.63) is 77.7 Å². The van der Waals surface area contributed by atoms with E-state index in [1.165, 1.54) is 0 Å². The number of anilines is 1. The zero-order chi connectivity index (χ0) is 16.8. The van der Waals surface area contributed by atoms with E-state index in [1.54, 1.807) is 42.9 Å². The third-order valence-electron chi connectivity index (χ3n) is 3.36. The Morgan fingerprint density at radius 3 is 2.50 bits per heavy atom. The number of rotatable bonds is 4. The second-order valence-electron chi connectivity index (χ2n) is 5.10. The molecule has 0 unspecified atom stereocenters. The lowest BCUT2D eigenvalue weighted by Gasteiger charge is -2.09. The van der Waals surface area contributed by atoms with Gasteiger partial charge in [0.25, 0.3) is 0 Å². The highest BCUT2D eigenvalue weighted by molar-refractivity contribution is 6.30. The Balaban J connectivity index is 1.60. The lowest BCUT2D eigenvalue weighted by atomic mass is 10.1. The first-order chi connectivity index (χ1) is 11.7. The Bertz CT molecular complexity index is 822. The summed E-state index contributed by atoms with van der Waals surface area (Å²) in [6.45, 7) is 0.403. The predicted octanol–water partition coefficient (Wildman–Crippen LogP) is 4.12. The molecule has 0 spiro atoms. The number of benzene rings is 1. The Hall–Kier alpha value is -2.92. The summed E-state index contributed by atoms with van der Waals surface area (Å²) in [5, 5.41) is 6.20. The van der Waals surface area contributed by atoms with E-state index >= 15 is 0 Å². The van der Waals surface area contributed by atoms with Gasteiger partial charge in [-0.3, -0.25) is 9.97 Å². The second-order valence-corrected chi connectivity index (χ2v) is 5.54. The number of nitrogens with zero attached hydrogens (tertiary/aromatic N) is 2. The molecule has 0 fully saturated rings. The van der Waals surface area contributed by atoms with E-state index in [0.717, 1.165) is 16.8 Å². The molecule has 0 atom stereocenters. The van der Waals surface area contributed by atoms with Crippen LogP contribution in [-0.2, 0) is 6.54 Å². The summed E-state index contributed by atoms with van der Waals surface area (Å²) >= 11 is 5.82. The summed E-state index contributed by atoms with van der Waals surface area (Å²) in [5.41, 5.74) is 3.47. The van der Waals surface area contributed by atoms with E-state index in [2.05, 4.69) is 20.6 Å². The van der Waals surface area contributed by atoms with Crippen molar-refractivity contribution in [2.75, 3.05) is 5.32 Å². The highest BCUT2D eigenvalue weighted by atomic mass is 35.5. The van der Waals surface area contributed by atoms with Gasteiger partial charge in [0.1, 0.15) is 0 Å². The highest BCUT2D eigenvalue weighted by Gasteiger charge is 2.04. The van der Waals surface area contributed by atoms with Crippen LogP contribution in [-0.4, -0.2) is 16.0 Å². The molecule has 3 rings (SSSR count). The molecular weight excluding hydrogens is 324 g/mol. The number of carbonyl (C=O) groups excluding carboxylic acids is 1. The van der Waals surface area contributed by atoms with Gasteiger partial charge in [0.05, 0.1) is 5.69 Å². The molecule has 3 aromatic rings. The summed E-state index contributed by atoms with van der Waals surface area (Å²) in [4.78, 5) is 20.3. The van der Waals surface area contributed by atoms with Gasteiger partial charge in [-0.15, -0.1) is 0 Å². The van der Waals surface area contributed by atoms with E-state index < -0.39 is 0 Å². The maximum Gasteiger partial charge on any atom is 0.319 e. The largest absolute Gasteiger partial charge is 0.334 e. The van der Waals surface area contributed by atoms with Crippen LogP contribution in [0.15, 0.2) is 67.1 Å². The second kappa shape index (κ2) is 7.57. The van der Waals surface area contributed by atoms with E-state index in [9.17, 15) is 4.79 Å². The SMILES string of the molecule is O=C(NCc1ccnc(-c2ccncc2)c1)Nc1ccc(Cl)cc1. The average Bonchev–Trinajstić information content (AvgIpc) is 2.63. The van der Waals surface area contributed by atoms with E-state index in [-0.39, 0.29) is 6.03 Å². The van der Waals surface area contributed by atoms with Crippen LogP contribution in [0.3, 0.4) is 0 Å². The Morgan fingerprint density at radius 1 is 1.00 bits per heavy atom. The average molecular weight is 339 g/mol. The van der Waals surface area contributed by atoms with Gasteiger partial charge in [-0.1, -0.05) is 11.6 Å². The van der Waals surface area contributed by atoms with Gasteiger partial charge in [0.2, 0.25) is 0 Å². The van der Waals surface area contributed by atoms with Gasteiger partial charge in [-0.25, -0.2) is 4.79 Å². The fourth-order valence-electron chi connectivity index (χ4n) is 2.16. The summed E-state index contributed by atoms with van der Waals surface area (Å²) in [5.74, 6) is 0. The maximum atomic E-state index is 11.9. The van der Waals surface area contributed by atoms with Crippen LogP contribution in [0.2, 0.25) is 5.02 Å². The summed E-state index contributed by atoms with van der Waals surface area (Å²) < 4.78 is 0. The molecule has 2 N–H and O–H groups in total. The van der Waals surface area contributed by atoms with Gasteiger partial charge in [-0.2, -0.15) is 0 Å². The van der Waals surface area contributed by atoms with E-state index in [4.69, 9.17) is 11.6 Å². The molecule has 2 heterocycles. The van der Waals surface area contributed by atoms with Crippen LogP contribution in [0.25, 0.3) is 11.3 Å². The lowest BCUT2D eigenvalue weighted by molar-refractivity contribution is 0.251. The molecule has 0 aliphatic carbocycles. The molecule has 2 amide bonds. The number of hydrogen-bond donors (Lipinski definition) is 2. The van der Waals surface area contributed by atoms with Crippen LogP contribution in [0.4, 0.5) is 10.5 Å². The van der Waals surface area contributed by atoms with Gasteiger partial charge in [0.15, 0.2) is 0 Å². The van der Waals surface area contributed by atoms with Crippen LogP contribution in [0.1, 0.15) is 5.56 Å². The van der Waals surface area contributed by atoms with Crippen LogP contribution in [0, 0.1) is 0 Å². The third kappa shape index (κ3) is 4.30. The zero-order valence-electron chi connectivity index (χ0n) is 12.7. The minimum absolute atomic E-state index is 0.278. The van der Waals surface area contributed by atoms with Crippen molar-refractivity contribution < 1.29 is 4.79 Å². The number of hydrogen-bond acceptors (Lipinski definition) is 3.